The summed E-state index contributed by atoms with van der Waals surface area (Å²) in [7, 11) is 1.93. The zero-order chi connectivity index (χ0) is 12.6. The summed E-state index contributed by atoms with van der Waals surface area (Å²) in [6, 6.07) is 0.521. The van der Waals surface area contributed by atoms with Crippen molar-refractivity contribution in [1.29, 1.82) is 0 Å². The fraction of sp³-hybridized carbons (Fsp3) is 0.667. The maximum atomic E-state index is 5.77. The van der Waals surface area contributed by atoms with Crippen molar-refractivity contribution in [3.8, 4) is 0 Å². The Hall–Kier alpha value is -1.10. The highest BCUT2D eigenvalue weighted by molar-refractivity contribution is 7.80. The highest BCUT2D eigenvalue weighted by Gasteiger charge is 2.24. The number of thiocarbonyl (C=S) groups is 1. The number of aryl methyl sites for hydroxylation is 2. The lowest BCUT2D eigenvalue weighted by molar-refractivity contribution is 0.600. The molecule has 1 aromatic heterocycles. The van der Waals surface area contributed by atoms with E-state index in [1.807, 2.05) is 18.7 Å². The molecule has 94 valence electrons. The normalized spacial score (nSPS) is 23.9. The molecule has 4 nitrogen and oxygen atoms in total. The first-order chi connectivity index (χ1) is 7.99. The first-order valence-electron chi connectivity index (χ1n) is 6.09. The molecule has 2 unspecified atom stereocenters. The quantitative estimate of drug-likeness (QED) is 0.808. The van der Waals surface area contributed by atoms with Gasteiger partial charge in [-0.25, -0.2) is 0 Å². The molecule has 0 aromatic carbocycles. The molecule has 5 heteroatoms. The van der Waals surface area contributed by atoms with Gasteiger partial charge in [-0.2, -0.15) is 5.10 Å². The SMILES string of the molecule is Cc1nn(C)c(NC2CCC(C)C2)c1C(N)=S. The Bertz CT molecular complexity index is 438. The lowest BCUT2D eigenvalue weighted by atomic mass is 10.1. The molecule has 1 saturated carbocycles. The van der Waals surface area contributed by atoms with Crippen LogP contribution < -0.4 is 11.1 Å². The smallest absolute Gasteiger partial charge is 0.134 e. The Kier molecular flexibility index (Phi) is 3.38. The van der Waals surface area contributed by atoms with Crippen LogP contribution in [-0.2, 0) is 7.05 Å². The van der Waals surface area contributed by atoms with Gasteiger partial charge in [-0.05, 0) is 32.1 Å². The molecule has 1 heterocycles. The number of anilines is 1. The van der Waals surface area contributed by atoms with E-state index >= 15 is 0 Å². The summed E-state index contributed by atoms with van der Waals surface area (Å²) in [6.45, 7) is 4.24. The third kappa shape index (κ3) is 2.44. The molecule has 1 aromatic rings. The average molecular weight is 252 g/mol. The number of nitrogens with one attached hydrogen (secondary N) is 1. The Morgan fingerprint density at radius 1 is 1.53 bits per heavy atom. The minimum Gasteiger partial charge on any atom is -0.389 e. The van der Waals surface area contributed by atoms with Crippen LogP contribution in [0.4, 0.5) is 5.82 Å². The van der Waals surface area contributed by atoms with Crippen molar-refractivity contribution in [3.63, 3.8) is 0 Å². The molecule has 2 atom stereocenters. The third-order valence-corrected chi connectivity index (χ3v) is 3.71. The molecular weight excluding hydrogens is 232 g/mol. The van der Waals surface area contributed by atoms with E-state index in [4.69, 9.17) is 18.0 Å². The maximum absolute atomic E-state index is 5.77. The molecule has 2 rings (SSSR count). The summed E-state index contributed by atoms with van der Waals surface area (Å²) in [5.74, 6) is 1.77. The molecule has 0 saturated heterocycles. The average Bonchev–Trinajstić information content (AvgIpc) is 2.72. The van der Waals surface area contributed by atoms with Gasteiger partial charge in [-0.1, -0.05) is 19.1 Å². The Morgan fingerprint density at radius 2 is 2.24 bits per heavy atom. The van der Waals surface area contributed by atoms with Gasteiger partial charge in [0.1, 0.15) is 10.8 Å². The van der Waals surface area contributed by atoms with Gasteiger partial charge in [0.25, 0.3) is 0 Å². The standard InChI is InChI=1S/C12H20N4S/c1-7-4-5-9(6-7)14-12-10(11(13)17)8(2)15-16(12)3/h7,9,14H,4-6H2,1-3H3,(H2,13,17). The molecule has 17 heavy (non-hydrogen) atoms. The molecule has 0 spiro atoms. The van der Waals surface area contributed by atoms with Crippen molar-refractivity contribution in [2.24, 2.45) is 18.7 Å². The summed E-state index contributed by atoms with van der Waals surface area (Å²) in [6.07, 6.45) is 3.71. The zero-order valence-electron chi connectivity index (χ0n) is 10.7. The lowest BCUT2D eigenvalue weighted by Gasteiger charge is -2.15. The van der Waals surface area contributed by atoms with Crippen molar-refractivity contribution in [2.45, 2.75) is 39.2 Å². The zero-order valence-corrected chi connectivity index (χ0v) is 11.5. The van der Waals surface area contributed by atoms with E-state index in [1.165, 1.54) is 19.3 Å². The van der Waals surface area contributed by atoms with Crippen molar-refractivity contribution in [2.75, 3.05) is 5.32 Å². The van der Waals surface area contributed by atoms with E-state index < -0.39 is 0 Å². The molecule has 1 aliphatic rings. The van der Waals surface area contributed by atoms with Gasteiger partial charge in [0.2, 0.25) is 0 Å². The van der Waals surface area contributed by atoms with Crippen LogP contribution in [0.1, 0.15) is 37.4 Å². The van der Waals surface area contributed by atoms with E-state index in [0.29, 0.717) is 11.0 Å². The number of hydrogen-bond acceptors (Lipinski definition) is 3. The van der Waals surface area contributed by atoms with Crippen LogP contribution in [-0.4, -0.2) is 20.8 Å². The van der Waals surface area contributed by atoms with E-state index in [9.17, 15) is 0 Å². The van der Waals surface area contributed by atoms with Crippen LogP contribution in [0.5, 0.6) is 0 Å². The van der Waals surface area contributed by atoms with E-state index in [0.717, 1.165) is 23.0 Å². The second-order valence-corrected chi connectivity index (χ2v) is 5.50. The topological polar surface area (TPSA) is 55.9 Å². The van der Waals surface area contributed by atoms with Gasteiger partial charge in [-0.15, -0.1) is 0 Å². The number of nitrogens with zero attached hydrogens (tertiary/aromatic N) is 2. The molecular formula is C12H20N4S. The minimum atomic E-state index is 0.421. The molecule has 0 radical (unpaired) electrons. The fourth-order valence-electron chi connectivity index (χ4n) is 2.65. The van der Waals surface area contributed by atoms with Gasteiger partial charge < -0.3 is 11.1 Å². The predicted molar refractivity (Wildman–Crippen MR) is 74.3 cm³/mol. The summed E-state index contributed by atoms with van der Waals surface area (Å²) in [5.41, 5.74) is 7.56. The largest absolute Gasteiger partial charge is 0.389 e. The van der Waals surface area contributed by atoms with Crippen LogP contribution in [0.25, 0.3) is 0 Å². The minimum absolute atomic E-state index is 0.421. The second kappa shape index (κ2) is 4.64. The van der Waals surface area contributed by atoms with Crippen LogP contribution in [0.3, 0.4) is 0 Å². The van der Waals surface area contributed by atoms with Gasteiger partial charge in [0.15, 0.2) is 0 Å². The second-order valence-electron chi connectivity index (χ2n) is 5.06. The van der Waals surface area contributed by atoms with Gasteiger partial charge >= 0.3 is 0 Å². The number of nitrogens with two attached hydrogens (primary N) is 1. The number of rotatable bonds is 3. The number of hydrogen-bond donors (Lipinski definition) is 2. The summed E-state index contributed by atoms with van der Waals surface area (Å²) in [5, 5.41) is 7.92. The van der Waals surface area contributed by atoms with Crippen LogP contribution in [0.2, 0.25) is 0 Å². The number of aromatic nitrogens is 2. The van der Waals surface area contributed by atoms with Crippen molar-refractivity contribution < 1.29 is 0 Å². The molecule has 1 aliphatic carbocycles. The highest BCUT2D eigenvalue weighted by Crippen LogP contribution is 2.29. The van der Waals surface area contributed by atoms with Crippen LogP contribution >= 0.6 is 12.2 Å². The van der Waals surface area contributed by atoms with Crippen molar-refractivity contribution in [3.05, 3.63) is 11.3 Å². The summed E-state index contributed by atoms with van der Waals surface area (Å²) >= 11 is 5.10. The van der Waals surface area contributed by atoms with Crippen LogP contribution in [0.15, 0.2) is 0 Å². The Balaban J connectivity index is 2.23. The maximum Gasteiger partial charge on any atom is 0.134 e. The van der Waals surface area contributed by atoms with Gasteiger partial charge in [0.05, 0.1) is 11.3 Å². The van der Waals surface area contributed by atoms with Crippen molar-refractivity contribution >= 4 is 23.0 Å². The summed E-state index contributed by atoms with van der Waals surface area (Å²) in [4.78, 5) is 0.421. The van der Waals surface area contributed by atoms with Crippen LogP contribution in [0, 0.1) is 12.8 Å². The van der Waals surface area contributed by atoms with Gasteiger partial charge in [-0.3, -0.25) is 4.68 Å². The molecule has 3 N–H and O–H groups in total. The van der Waals surface area contributed by atoms with Crippen molar-refractivity contribution in [1.82, 2.24) is 9.78 Å². The third-order valence-electron chi connectivity index (χ3n) is 3.50. The Morgan fingerprint density at radius 3 is 2.76 bits per heavy atom. The molecule has 1 fully saturated rings. The monoisotopic (exact) mass is 252 g/mol. The molecule has 0 aliphatic heterocycles. The first-order valence-corrected chi connectivity index (χ1v) is 6.49. The summed E-state index contributed by atoms with van der Waals surface area (Å²) < 4.78 is 1.84. The van der Waals surface area contributed by atoms with E-state index in [1.54, 1.807) is 0 Å². The van der Waals surface area contributed by atoms with E-state index in [-0.39, 0.29) is 0 Å². The predicted octanol–water partition coefficient (Wildman–Crippen LogP) is 1.96. The highest BCUT2D eigenvalue weighted by atomic mass is 32.1. The first kappa shape index (κ1) is 12.4. The van der Waals surface area contributed by atoms with E-state index in [2.05, 4.69) is 17.3 Å². The molecule has 0 bridgehead atoms. The fourth-order valence-corrected chi connectivity index (χ4v) is 2.89. The molecule has 0 amide bonds. The lowest BCUT2D eigenvalue weighted by Crippen LogP contribution is -2.21. The van der Waals surface area contributed by atoms with Gasteiger partial charge in [0, 0.05) is 13.1 Å². The Labute approximate surface area is 108 Å².